The van der Waals surface area contributed by atoms with Crippen LogP contribution in [0.5, 0.6) is 0 Å². The number of benzene rings is 1. The molecule has 2 nitrogen and oxygen atoms in total. The van der Waals surface area contributed by atoms with Gasteiger partial charge in [0.05, 0.1) is 10.7 Å². The fourth-order valence-electron chi connectivity index (χ4n) is 1.69. The largest absolute Gasteiger partial charge is 0.315 e. The minimum Gasteiger partial charge on any atom is -0.315 e. The van der Waals surface area contributed by atoms with Crippen molar-refractivity contribution < 1.29 is 0 Å². The van der Waals surface area contributed by atoms with Crippen molar-refractivity contribution in [3.05, 3.63) is 39.7 Å². The van der Waals surface area contributed by atoms with Crippen LogP contribution in [-0.2, 0) is 0 Å². The van der Waals surface area contributed by atoms with Gasteiger partial charge in [0.2, 0.25) is 0 Å². The first kappa shape index (κ1) is 10.3. The minimum atomic E-state index is 0.617. The first-order valence-corrected chi connectivity index (χ1v) is 6.51. The molecule has 0 amide bonds. The van der Waals surface area contributed by atoms with Crippen molar-refractivity contribution in [1.82, 2.24) is 10.3 Å². The predicted molar refractivity (Wildman–Crippen MR) is 68.2 cm³/mol. The third-order valence-corrected chi connectivity index (χ3v) is 4.05. The highest BCUT2D eigenvalue weighted by atomic mass is 35.5. The smallest absolute Gasteiger partial charge is 0.0989 e. The van der Waals surface area contributed by atoms with Gasteiger partial charge in [-0.05, 0) is 12.1 Å². The highest BCUT2D eigenvalue weighted by Crippen LogP contribution is 2.28. The molecule has 1 saturated heterocycles. The Hall–Kier alpha value is -0.900. The summed E-state index contributed by atoms with van der Waals surface area (Å²) in [5, 5.41) is 7.39. The highest BCUT2D eigenvalue weighted by Gasteiger charge is 2.22. The van der Waals surface area contributed by atoms with Gasteiger partial charge in [-0.25, -0.2) is 4.98 Å². The normalized spacial score (nSPS) is 16.1. The Labute approximate surface area is 103 Å². The van der Waals surface area contributed by atoms with Gasteiger partial charge in [0.1, 0.15) is 0 Å². The van der Waals surface area contributed by atoms with E-state index in [4.69, 9.17) is 11.6 Å². The zero-order valence-electron chi connectivity index (χ0n) is 8.61. The number of hydrogen-bond donors (Lipinski definition) is 1. The number of thiazole rings is 1. The van der Waals surface area contributed by atoms with Gasteiger partial charge < -0.3 is 5.32 Å². The molecule has 3 rings (SSSR count). The van der Waals surface area contributed by atoms with E-state index in [0.29, 0.717) is 5.92 Å². The van der Waals surface area contributed by atoms with Crippen molar-refractivity contribution in [2.45, 2.75) is 5.92 Å². The van der Waals surface area contributed by atoms with Crippen LogP contribution in [0.2, 0.25) is 5.02 Å². The van der Waals surface area contributed by atoms with Crippen LogP contribution in [0.4, 0.5) is 0 Å². The van der Waals surface area contributed by atoms with E-state index in [0.717, 1.165) is 29.4 Å². The summed E-state index contributed by atoms with van der Waals surface area (Å²) in [6.45, 7) is 2.13. The molecule has 0 spiro atoms. The number of halogens is 1. The van der Waals surface area contributed by atoms with E-state index in [-0.39, 0.29) is 0 Å². The van der Waals surface area contributed by atoms with Crippen molar-refractivity contribution >= 4 is 22.9 Å². The Kier molecular flexibility index (Phi) is 2.67. The van der Waals surface area contributed by atoms with E-state index in [1.807, 2.05) is 24.3 Å². The van der Waals surface area contributed by atoms with Crippen LogP contribution < -0.4 is 5.32 Å². The number of rotatable bonds is 2. The lowest BCUT2D eigenvalue weighted by atomic mass is 10.1. The average Bonchev–Trinajstić information content (AvgIpc) is 2.65. The second kappa shape index (κ2) is 4.17. The quantitative estimate of drug-likeness (QED) is 0.886. The van der Waals surface area contributed by atoms with Gasteiger partial charge >= 0.3 is 0 Å². The summed E-state index contributed by atoms with van der Waals surface area (Å²) in [6, 6.07) is 7.84. The number of nitrogens with zero attached hydrogens (tertiary/aromatic N) is 1. The fourth-order valence-corrected chi connectivity index (χ4v) is 2.75. The lowest BCUT2D eigenvalue weighted by molar-refractivity contribution is 0.447. The van der Waals surface area contributed by atoms with Crippen LogP contribution in [0.1, 0.15) is 10.9 Å². The number of hydrogen-bond acceptors (Lipinski definition) is 3. The maximum atomic E-state index is 5.86. The van der Waals surface area contributed by atoms with Crippen LogP contribution in [0.15, 0.2) is 29.6 Å². The van der Waals surface area contributed by atoms with Crippen LogP contribution in [-0.4, -0.2) is 18.1 Å². The maximum Gasteiger partial charge on any atom is 0.0989 e. The Morgan fingerprint density at radius 3 is 2.62 bits per heavy atom. The van der Waals surface area contributed by atoms with Crippen LogP contribution >= 0.6 is 22.9 Å². The molecule has 1 fully saturated rings. The monoisotopic (exact) mass is 250 g/mol. The van der Waals surface area contributed by atoms with Gasteiger partial charge in [-0.1, -0.05) is 23.7 Å². The average molecular weight is 251 g/mol. The molecule has 1 aromatic heterocycles. The van der Waals surface area contributed by atoms with Gasteiger partial charge in [0.15, 0.2) is 0 Å². The SMILES string of the molecule is Clc1ccc(-c2csc(C3CNC3)n2)cc1. The molecule has 1 aliphatic heterocycles. The fraction of sp³-hybridized carbons (Fsp3) is 0.250. The molecule has 0 saturated carbocycles. The molecule has 1 N–H and O–H groups in total. The third kappa shape index (κ3) is 1.86. The molecule has 82 valence electrons. The van der Waals surface area contributed by atoms with Crippen LogP contribution in [0, 0.1) is 0 Å². The molecule has 1 aromatic carbocycles. The Morgan fingerprint density at radius 1 is 1.25 bits per heavy atom. The second-order valence-corrected chi connectivity index (χ2v) is 5.26. The zero-order valence-corrected chi connectivity index (χ0v) is 10.2. The molecule has 16 heavy (non-hydrogen) atoms. The second-order valence-electron chi connectivity index (χ2n) is 3.93. The van der Waals surface area contributed by atoms with E-state index >= 15 is 0 Å². The number of aromatic nitrogens is 1. The lowest BCUT2D eigenvalue weighted by Gasteiger charge is -2.24. The summed E-state index contributed by atoms with van der Waals surface area (Å²) < 4.78 is 0. The van der Waals surface area contributed by atoms with Crippen molar-refractivity contribution in [1.29, 1.82) is 0 Å². The first-order valence-electron chi connectivity index (χ1n) is 5.25. The van der Waals surface area contributed by atoms with E-state index in [2.05, 4.69) is 15.7 Å². The molecule has 0 aliphatic carbocycles. The summed E-state index contributed by atoms with van der Waals surface area (Å²) in [6.07, 6.45) is 0. The predicted octanol–water partition coefficient (Wildman–Crippen LogP) is 3.15. The van der Waals surface area contributed by atoms with Gasteiger partial charge in [-0.2, -0.15) is 0 Å². The molecule has 0 bridgehead atoms. The first-order chi connectivity index (χ1) is 7.83. The Bertz CT molecular complexity index is 488. The molecule has 2 aromatic rings. The Morgan fingerprint density at radius 2 is 2.00 bits per heavy atom. The van der Waals surface area contributed by atoms with E-state index in [1.165, 1.54) is 5.01 Å². The van der Waals surface area contributed by atoms with E-state index in [9.17, 15) is 0 Å². The van der Waals surface area contributed by atoms with Gasteiger partial charge in [0.25, 0.3) is 0 Å². The van der Waals surface area contributed by atoms with E-state index in [1.54, 1.807) is 11.3 Å². The highest BCUT2D eigenvalue weighted by molar-refractivity contribution is 7.10. The lowest BCUT2D eigenvalue weighted by Crippen LogP contribution is -2.39. The van der Waals surface area contributed by atoms with Crippen molar-refractivity contribution in [3.63, 3.8) is 0 Å². The molecular weight excluding hydrogens is 240 g/mol. The molecule has 0 unspecified atom stereocenters. The van der Waals surface area contributed by atoms with Gasteiger partial charge in [-0.3, -0.25) is 0 Å². The third-order valence-electron chi connectivity index (χ3n) is 2.79. The Balaban J connectivity index is 1.88. The van der Waals surface area contributed by atoms with Crippen molar-refractivity contribution in [2.24, 2.45) is 0 Å². The molecule has 1 aliphatic rings. The van der Waals surface area contributed by atoms with Crippen LogP contribution in [0.3, 0.4) is 0 Å². The van der Waals surface area contributed by atoms with E-state index < -0.39 is 0 Å². The summed E-state index contributed by atoms with van der Waals surface area (Å²) in [5.74, 6) is 0.617. The molecule has 0 radical (unpaired) electrons. The summed E-state index contributed by atoms with van der Waals surface area (Å²) in [5.41, 5.74) is 2.20. The van der Waals surface area contributed by atoms with Crippen molar-refractivity contribution in [3.8, 4) is 11.3 Å². The summed E-state index contributed by atoms with van der Waals surface area (Å²) >= 11 is 7.61. The molecule has 2 heterocycles. The zero-order chi connectivity index (χ0) is 11.0. The maximum absolute atomic E-state index is 5.86. The van der Waals surface area contributed by atoms with Gasteiger partial charge in [0, 0.05) is 35.0 Å². The standard InChI is InChI=1S/C12H11ClN2S/c13-10-3-1-8(2-4-10)11-7-16-12(15-11)9-5-14-6-9/h1-4,7,9,14H,5-6H2. The van der Waals surface area contributed by atoms with Gasteiger partial charge in [-0.15, -0.1) is 11.3 Å². The molecule has 4 heteroatoms. The molecular formula is C12H11ClN2S. The molecule has 0 atom stereocenters. The van der Waals surface area contributed by atoms with Crippen molar-refractivity contribution in [2.75, 3.05) is 13.1 Å². The minimum absolute atomic E-state index is 0.617. The topological polar surface area (TPSA) is 24.9 Å². The summed E-state index contributed by atoms with van der Waals surface area (Å²) in [7, 11) is 0. The van der Waals surface area contributed by atoms with Crippen LogP contribution in [0.25, 0.3) is 11.3 Å². The summed E-state index contributed by atoms with van der Waals surface area (Å²) in [4.78, 5) is 4.67. The number of nitrogens with one attached hydrogen (secondary N) is 1.